The summed E-state index contributed by atoms with van der Waals surface area (Å²) in [7, 11) is -3.63. The van der Waals surface area contributed by atoms with E-state index in [0.717, 1.165) is 26.9 Å². The molecule has 5 nitrogen and oxygen atoms in total. The lowest BCUT2D eigenvalue weighted by molar-refractivity contribution is -0.116. The monoisotopic (exact) mass is 382 g/mol. The number of carbonyl (C=O) groups is 1. The van der Waals surface area contributed by atoms with Crippen LogP contribution < -0.4 is 9.62 Å². The van der Waals surface area contributed by atoms with Crippen LogP contribution in [0.5, 0.6) is 0 Å². The fourth-order valence-corrected chi connectivity index (χ4v) is 4.19. The van der Waals surface area contributed by atoms with Crippen molar-refractivity contribution in [3.8, 4) is 0 Å². The number of amides is 1. The molecule has 3 aromatic carbocycles. The molecule has 0 fully saturated rings. The van der Waals surface area contributed by atoms with E-state index in [9.17, 15) is 13.2 Å². The second-order valence-corrected chi connectivity index (χ2v) is 8.48. The zero-order valence-electron chi connectivity index (χ0n) is 15.5. The van der Waals surface area contributed by atoms with Gasteiger partial charge in [-0.25, -0.2) is 8.42 Å². The van der Waals surface area contributed by atoms with Gasteiger partial charge in [-0.05, 0) is 48.9 Å². The summed E-state index contributed by atoms with van der Waals surface area (Å²) in [5, 5.41) is 4.89. The average Bonchev–Trinajstić information content (AvgIpc) is 2.62. The lowest BCUT2D eigenvalue weighted by Crippen LogP contribution is -2.45. The standard InChI is InChI=1S/C21H22N2O3S/c1-15-8-12-20(13-9-15)23(27(3,25)26)16(2)21(24)22-19-11-10-17-6-4-5-7-18(17)14-19/h4-14,16H,1-3H3,(H,22,24). The maximum atomic E-state index is 12.8. The maximum Gasteiger partial charge on any atom is 0.247 e. The van der Waals surface area contributed by atoms with Crippen molar-refractivity contribution in [2.45, 2.75) is 19.9 Å². The van der Waals surface area contributed by atoms with Crippen LogP contribution >= 0.6 is 0 Å². The SMILES string of the molecule is Cc1ccc(N(C(C)C(=O)Nc2ccc3ccccc3c2)S(C)(=O)=O)cc1. The molecule has 1 N–H and O–H groups in total. The molecule has 3 rings (SSSR count). The number of rotatable bonds is 5. The van der Waals surface area contributed by atoms with E-state index in [1.54, 1.807) is 19.1 Å². The Morgan fingerprint density at radius 2 is 1.59 bits per heavy atom. The van der Waals surface area contributed by atoms with E-state index in [2.05, 4.69) is 5.32 Å². The van der Waals surface area contributed by atoms with Crippen LogP contribution in [0.3, 0.4) is 0 Å². The van der Waals surface area contributed by atoms with Crippen LogP contribution in [0.25, 0.3) is 10.8 Å². The lowest BCUT2D eigenvalue weighted by atomic mass is 10.1. The minimum absolute atomic E-state index is 0.392. The highest BCUT2D eigenvalue weighted by Crippen LogP contribution is 2.23. The molecule has 6 heteroatoms. The van der Waals surface area contributed by atoms with E-state index in [-0.39, 0.29) is 0 Å². The number of carbonyl (C=O) groups excluding carboxylic acids is 1. The van der Waals surface area contributed by atoms with Crippen molar-refractivity contribution >= 4 is 38.1 Å². The van der Waals surface area contributed by atoms with E-state index in [1.807, 2.05) is 61.5 Å². The Morgan fingerprint density at radius 1 is 0.963 bits per heavy atom. The van der Waals surface area contributed by atoms with E-state index < -0.39 is 22.0 Å². The zero-order valence-corrected chi connectivity index (χ0v) is 16.3. The van der Waals surface area contributed by atoms with Gasteiger partial charge in [-0.15, -0.1) is 0 Å². The minimum atomic E-state index is -3.63. The molecule has 0 saturated heterocycles. The van der Waals surface area contributed by atoms with E-state index in [0.29, 0.717) is 11.4 Å². The number of sulfonamides is 1. The van der Waals surface area contributed by atoms with Crippen molar-refractivity contribution in [2.75, 3.05) is 15.9 Å². The van der Waals surface area contributed by atoms with Crippen LogP contribution in [-0.2, 0) is 14.8 Å². The molecule has 0 aliphatic heterocycles. The van der Waals surface area contributed by atoms with E-state index in [1.165, 1.54) is 0 Å². The Labute approximate surface area is 159 Å². The van der Waals surface area contributed by atoms with Gasteiger partial charge in [-0.1, -0.05) is 48.0 Å². The van der Waals surface area contributed by atoms with E-state index in [4.69, 9.17) is 0 Å². The first-order valence-electron chi connectivity index (χ1n) is 8.61. The molecule has 0 spiro atoms. The Bertz CT molecular complexity index is 1080. The van der Waals surface area contributed by atoms with Gasteiger partial charge in [0.2, 0.25) is 15.9 Å². The molecular weight excluding hydrogens is 360 g/mol. The van der Waals surface area contributed by atoms with Crippen molar-refractivity contribution in [1.29, 1.82) is 0 Å². The summed E-state index contributed by atoms with van der Waals surface area (Å²) in [6.07, 6.45) is 1.10. The third kappa shape index (κ3) is 4.28. The van der Waals surface area contributed by atoms with Gasteiger partial charge >= 0.3 is 0 Å². The quantitative estimate of drug-likeness (QED) is 0.727. The number of fused-ring (bicyclic) bond motifs is 1. The first-order valence-corrected chi connectivity index (χ1v) is 10.5. The molecule has 0 heterocycles. The fraction of sp³-hybridized carbons (Fsp3) is 0.190. The summed E-state index contributed by atoms with van der Waals surface area (Å²) < 4.78 is 25.8. The molecule has 0 bridgehead atoms. The highest BCUT2D eigenvalue weighted by Gasteiger charge is 2.29. The Kier molecular flexibility index (Phi) is 5.19. The minimum Gasteiger partial charge on any atom is -0.324 e. The van der Waals surface area contributed by atoms with Gasteiger partial charge in [0.1, 0.15) is 6.04 Å². The average molecular weight is 382 g/mol. The Morgan fingerprint density at radius 3 is 2.22 bits per heavy atom. The fourth-order valence-electron chi connectivity index (χ4n) is 3.01. The summed E-state index contributed by atoms with van der Waals surface area (Å²) in [5.41, 5.74) is 2.10. The highest BCUT2D eigenvalue weighted by molar-refractivity contribution is 7.92. The molecule has 27 heavy (non-hydrogen) atoms. The molecule has 0 aliphatic carbocycles. The van der Waals surface area contributed by atoms with Crippen LogP contribution in [-0.4, -0.2) is 26.6 Å². The molecule has 3 aromatic rings. The van der Waals surface area contributed by atoms with Gasteiger partial charge in [0.25, 0.3) is 0 Å². The summed E-state index contributed by atoms with van der Waals surface area (Å²) in [5.74, 6) is -0.392. The number of benzene rings is 3. The van der Waals surface area contributed by atoms with Gasteiger partial charge in [-0.2, -0.15) is 0 Å². The largest absolute Gasteiger partial charge is 0.324 e. The first kappa shape index (κ1) is 18.9. The van der Waals surface area contributed by atoms with Crippen molar-refractivity contribution in [3.05, 3.63) is 72.3 Å². The van der Waals surface area contributed by atoms with Gasteiger partial charge < -0.3 is 5.32 Å². The molecule has 0 aliphatic rings. The predicted octanol–water partition coefficient (Wildman–Crippen LogP) is 3.94. The Hall–Kier alpha value is -2.86. The van der Waals surface area contributed by atoms with Crippen LogP contribution in [0.15, 0.2) is 66.7 Å². The summed E-state index contributed by atoms with van der Waals surface area (Å²) in [6.45, 7) is 3.50. The third-order valence-electron chi connectivity index (χ3n) is 4.39. The van der Waals surface area contributed by atoms with Gasteiger partial charge in [-0.3, -0.25) is 9.10 Å². The number of nitrogens with zero attached hydrogens (tertiary/aromatic N) is 1. The van der Waals surface area contributed by atoms with Crippen molar-refractivity contribution in [1.82, 2.24) is 0 Å². The summed E-state index contributed by atoms with van der Waals surface area (Å²) in [6, 6.07) is 19.6. The molecule has 0 radical (unpaired) electrons. The van der Waals surface area contributed by atoms with Crippen LogP contribution in [0.4, 0.5) is 11.4 Å². The van der Waals surface area contributed by atoms with Crippen molar-refractivity contribution in [3.63, 3.8) is 0 Å². The number of hydrogen-bond donors (Lipinski definition) is 1. The molecule has 1 amide bonds. The molecule has 0 saturated carbocycles. The number of aryl methyl sites for hydroxylation is 1. The number of anilines is 2. The second kappa shape index (κ2) is 7.40. The van der Waals surface area contributed by atoms with Gasteiger partial charge in [0.05, 0.1) is 11.9 Å². The van der Waals surface area contributed by atoms with Crippen LogP contribution in [0, 0.1) is 6.92 Å². The second-order valence-electron chi connectivity index (χ2n) is 6.62. The normalized spacial score (nSPS) is 12.6. The third-order valence-corrected chi connectivity index (χ3v) is 5.64. The number of nitrogens with one attached hydrogen (secondary N) is 1. The van der Waals surface area contributed by atoms with Crippen molar-refractivity contribution in [2.24, 2.45) is 0 Å². The zero-order chi connectivity index (χ0) is 19.6. The summed E-state index contributed by atoms with van der Waals surface area (Å²) >= 11 is 0. The molecular formula is C21H22N2O3S. The topological polar surface area (TPSA) is 66.5 Å². The summed E-state index contributed by atoms with van der Waals surface area (Å²) in [4.78, 5) is 12.8. The molecule has 0 aromatic heterocycles. The maximum absolute atomic E-state index is 12.8. The molecule has 1 unspecified atom stereocenters. The van der Waals surface area contributed by atoms with Crippen molar-refractivity contribution < 1.29 is 13.2 Å². The highest BCUT2D eigenvalue weighted by atomic mass is 32.2. The smallest absolute Gasteiger partial charge is 0.247 e. The van der Waals surface area contributed by atoms with Gasteiger partial charge in [0, 0.05) is 5.69 Å². The lowest BCUT2D eigenvalue weighted by Gasteiger charge is -2.28. The molecule has 1 atom stereocenters. The Balaban J connectivity index is 1.87. The van der Waals surface area contributed by atoms with Gasteiger partial charge in [0.15, 0.2) is 0 Å². The van der Waals surface area contributed by atoms with Crippen LogP contribution in [0.2, 0.25) is 0 Å². The first-order chi connectivity index (χ1) is 12.8. The van der Waals surface area contributed by atoms with E-state index >= 15 is 0 Å². The van der Waals surface area contributed by atoms with Crippen LogP contribution in [0.1, 0.15) is 12.5 Å². The molecule has 140 valence electrons. The predicted molar refractivity (Wildman–Crippen MR) is 111 cm³/mol. The number of hydrogen-bond acceptors (Lipinski definition) is 3.